The number of carbonyl (C=O) groups excluding carboxylic acids is 1. The third-order valence-electron chi connectivity index (χ3n) is 5.13. The first kappa shape index (κ1) is 24.0. The molecule has 1 heterocycles. The molecule has 1 fully saturated rings. The Labute approximate surface area is 195 Å². The summed E-state index contributed by atoms with van der Waals surface area (Å²) in [5.41, 5.74) is 0.432. The number of hydrogen-bond acceptors (Lipinski definition) is 5. The minimum atomic E-state index is -0.622. The first-order chi connectivity index (χ1) is 15.3. The van der Waals surface area contributed by atoms with Crippen LogP contribution in [0.15, 0.2) is 77.9 Å². The summed E-state index contributed by atoms with van der Waals surface area (Å²) in [5, 5.41) is 3.13. The van der Waals surface area contributed by atoms with Gasteiger partial charge in [0.25, 0.3) is 0 Å². The molecule has 0 aromatic heterocycles. The van der Waals surface area contributed by atoms with Gasteiger partial charge >= 0.3 is 5.97 Å². The zero-order chi connectivity index (χ0) is 23.1. The Morgan fingerprint density at radius 3 is 2.34 bits per heavy atom. The number of rotatable bonds is 5. The van der Waals surface area contributed by atoms with Gasteiger partial charge in [-0.2, -0.15) is 0 Å². The van der Waals surface area contributed by atoms with Crippen molar-refractivity contribution >= 4 is 17.7 Å². The summed E-state index contributed by atoms with van der Waals surface area (Å²) in [6.07, 6.45) is -1.49. The SMILES string of the molecule is C=C1O[C@H](C#CSc2ccccc2)[C@H](OCc2ccccc2)[C@H](C)[C@H]1OC(=O)C(C)(C)C. The van der Waals surface area contributed by atoms with Gasteiger partial charge in [-0.1, -0.05) is 62.0 Å². The van der Waals surface area contributed by atoms with Crippen LogP contribution in [0.4, 0.5) is 0 Å². The molecule has 1 saturated heterocycles. The monoisotopic (exact) mass is 450 g/mol. The molecule has 2 aromatic rings. The van der Waals surface area contributed by atoms with Crippen molar-refractivity contribution < 1.29 is 19.0 Å². The molecular formula is C27H30O4S. The fourth-order valence-electron chi connectivity index (χ4n) is 3.26. The van der Waals surface area contributed by atoms with Gasteiger partial charge in [-0.15, -0.1) is 0 Å². The number of hydrogen-bond donors (Lipinski definition) is 0. The van der Waals surface area contributed by atoms with E-state index in [9.17, 15) is 4.79 Å². The van der Waals surface area contributed by atoms with Crippen molar-refractivity contribution in [3.05, 3.63) is 78.6 Å². The summed E-state index contributed by atoms with van der Waals surface area (Å²) in [6, 6.07) is 19.9. The molecule has 0 saturated carbocycles. The quantitative estimate of drug-likeness (QED) is 0.326. The van der Waals surface area contributed by atoms with Gasteiger partial charge in [0, 0.05) is 10.8 Å². The number of esters is 1. The Morgan fingerprint density at radius 2 is 1.72 bits per heavy atom. The standard InChI is InChI=1S/C27H30O4S/c1-19-24(31-26(28)27(3,4)5)20(2)30-23(16-17-32-22-14-10-7-11-15-22)25(19)29-18-21-12-8-6-9-13-21/h6-15,19,23-25H,2,18H2,1,3-5H3/t19-,23-,24-,25-/m1/s1. The van der Waals surface area contributed by atoms with Crippen LogP contribution < -0.4 is 0 Å². The molecule has 0 radical (unpaired) electrons. The molecule has 0 unspecified atom stereocenters. The van der Waals surface area contributed by atoms with E-state index in [0.717, 1.165) is 10.5 Å². The lowest BCUT2D eigenvalue weighted by Gasteiger charge is -2.40. The highest BCUT2D eigenvalue weighted by Crippen LogP contribution is 2.34. The zero-order valence-corrected chi connectivity index (χ0v) is 19.9. The van der Waals surface area contributed by atoms with Crippen LogP contribution in [0.2, 0.25) is 0 Å². The predicted molar refractivity (Wildman–Crippen MR) is 128 cm³/mol. The van der Waals surface area contributed by atoms with Crippen LogP contribution in [0.5, 0.6) is 0 Å². The van der Waals surface area contributed by atoms with Crippen molar-refractivity contribution in [3.63, 3.8) is 0 Å². The average Bonchev–Trinajstić information content (AvgIpc) is 2.77. The lowest BCUT2D eigenvalue weighted by Crippen LogP contribution is -2.49. The summed E-state index contributed by atoms with van der Waals surface area (Å²) in [5.74, 6) is 3.11. The molecule has 5 heteroatoms. The maximum atomic E-state index is 12.5. The first-order valence-corrected chi connectivity index (χ1v) is 11.5. The van der Waals surface area contributed by atoms with Gasteiger partial charge in [-0.05, 0) is 61.4 Å². The molecule has 2 aromatic carbocycles. The van der Waals surface area contributed by atoms with Gasteiger partial charge in [0.15, 0.2) is 12.2 Å². The van der Waals surface area contributed by atoms with E-state index in [1.165, 1.54) is 11.8 Å². The summed E-state index contributed by atoms with van der Waals surface area (Å²) in [6.45, 7) is 11.9. The van der Waals surface area contributed by atoms with Crippen LogP contribution in [-0.4, -0.2) is 24.3 Å². The van der Waals surface area contributed by atoms with E-state index in [2.05, 4.69) is 17.8 Å². The van der Waals surface area contributed by atoms with Crippen molar-refractivity contribution in [2.75, 3.05) is 0 Å². The Kier molecular flexibility index (Phi) is 8.06. The highest BCUT2D eigenvalue weighted by atomic mass is 32.2. The Balaban J connectivity index is 1.78. The van der Waals surface area contributed by atoms with Gasteiger partial charge in [-0.25, -0.2) is 0 Å². The highest BCUT2D eigenvalue weighted by Gasteiger charge is 2.44. The zero-order valence-electron chi connectivity index (χ0n) is 19.0. The Morgan fingerprint density at radius 1 is 1.09 bits per heavy atom. The van der Waals surface area contributed by atoms with E-state index >= 15 is 0 Å². The van der Waals surface area contributed by atoms with Crippen molar-refractivity contribution in [3.8, 4) is 11.2 Å². The Hall–Kier alpha value is -2.68. The summed E-state index contributed by atoms with van der Waals surface area (Å²) < 4.78 is 18.1. The van der Waals surface area contributed by atoms with Gasteiger partial charge in [0.2, 0.25) is 0 Å². The third kappa shape index (κ3) is 6.41. The van der Waals surface area contributed by atoms with Crippen LogP contribution in [0, 0.1) is 22.5 Å². The number of thioether (sulfide) groups is 1. The van der Waals surface area contributed by atoms with E-state index in [-0.39, 0.29) is 18.0 Å². The minimum absolute atomic E-state index is 0.174. The van der Waals surface area contributed by atoms with E-state index in [4.69, 9.17) is 14.2 Å². The van der Waals surface area contributed by atoms with Gasteiger partial charge in [-0.3, -0.25) is 4.79 Å². The van der Waals surface area contributed by atoms with Crippen molar-refractivity contribution in [2.24, 2.45) is 11.3 Å². The molecule has 0 N–H and O–H groups in total. The molecule has 1 aliphatic heterocycles. The topological polar surface area (TPSA) is 44.8 Å². The van der Waals surface area contributed by atoms with Gasteiger partial charge in [0.1, 0.15) is 11.9 Å². The molecule has 168 valence electrons. The van der Waals surface area contributed by atoms with Crippen molar-refractivity contribution in [1.82, 2.24) is 0 Å². The fraction of sp³-hybridized carbons (Fsp3) is 0.370. The average molecular weight is 451 g/mol. The predicted octanol–water partition coefficient (Wildman–Crippen LogP) is 5.83. The second kappa shape index (κ2) is 10.8. The van der Waals surface area contributed by atoms with Crippen LogP contribution >= 0.6 is 11.8 Å². The van der Waals surface area contributed by atoms with Crippen LogP contribution in [0.25, 0.3) is 0 Å². The normalized spacial score (nSPS) is 22.9. The molecular weight excluding hydrogens is 420 g/mol. The summed E-state index contributed by atoms with van der Waals surface area (Å²) in [7, 11) is 0. The molecule has 32 heavy (non-hydrogen) atoms. The molecule has 0 spiro atoms. The third-order valence-corrected chi connectivity index (χ3v) is 5.86. The fourth-order valence-corrected chi connectivity index (χ4v) is 3.84. The molecule has 0 aliphatic carbocycles. The molecule has 4 atom stereocenters. The largest absolute Gasteiger partial charge is 0.476 e. The minimum Gasteiger partial charge on any atom is -0.476 e. The smallest absolute Gasteiger partial charge is 0.311 e. The lowest BCUT2D eigenvalue weighted by atomic mass is 9.89. The first-order valence-electron chi connectivity index (χ1n) is 10.7. The van der Waals surface area contributed by atoms with Gasteiger partial charge in [0.05, 0.1) is 12.0 Å². The highest BCUT2D eigenvalue weighted by molar-refractivity contribution is 8.03. The maximum Gasteiger partial charge on any atom is 0.311 e. The van der Waals surface area contributed by atoms with E-state index in [0.29, 0.717) is 12.4 Å². The number of ether oxygens (including phenoxy) is 3. The summed E-state index contributed by atoms with van der Waals surface area (Å²) in [4.78, 5) is 13.6. The number of carbonyl (C=O) groups is 1. The Bertz CT molecular complexity index is 969. The molecule has 3 rings (SSSR count). The number of benzene rings is 2. The maximum absolute atomic E-state index is 12.5. The molecule has 4 nitrogen and oxygen atoms in total. The van der Waals surface area contributed by atoms with Crippen molar-refractivity contribution in [1.29, 1.82) is 0 Å². The summed E-state index contributed by atoms with van der Waals surface area (Å²) >= 11 is 1.44. The molecule has 0 bridgehead atoms. The second-order valence-electron chi connectivity index (χ2n) is 8.86. The molecule has 1 aliphatic rings. The second-order valence-corrected chi connectivity index (χ2v) is 9.74. The van der Waals surface area contributed by atoms with Crippen LogP contribution in [-0.2, 0) is 25.6 Å². The van der Waals surface area contributed by atoms with E-state index < -0.39 is 17.6 Å². The van der Waals surface area contributed by atoms with Gasteiger partial charge < -0.3 is 14.2 Å². The van der Waals surface area contributed by atoms with Crippen molar-refractivity contribution in [2.45, 2.75) is 57.5 Å². The van der Waals surface area contributed by atoms with Crippen LogP contribution in [0.3, 0.4) is 0 Å². The van der Waals surface area contributed by atoms with E-state index in [1.54, 1.807) is 0 Å². The lowest BCUT2D eigenvalue weighted by molar-refractivity contribution is -0.178. The molecule has 0 amide bonds. The van der Waals surface area contributed by atoms with E-state index in [1.807, 2.05) is 88.4 Å². The van der Waals surface area contributed by atoms with Crippen LogP contribution in [0.1, 0.15) is 33.3 Å².